The van der Waals surface area contributed by atoms with Gasteiger partial charge in [-0.3, -0.25) is 0 Å². The summed E-state index contributed by atoms with van der Waals surface area (Å²) < 4.78 is 2.22. The third kappa shape index (κ3) is 1.78. The molecule has 1 N–H and O–H groups in total. The molecule has 13 heavy (non-hydrogen) atoms. The van der Waals surface area contributed by atoms with Crippen molar-refractivity contribution in [3.05, 3.63) is 23.5 Å². The van der Waals surface area contributed by atoms with Crippen molar-refractivity contribution >= 4 is 0 Å². The van der Waals surface area contributed by atoms with Crippen molar-refractivity contribution in [1.82, 2.24) is 9.88 Å². The summed E-state index contributed by atoms with van der Waals surface area (Å²) in [7, 11) is 2.12. The predicted molar refractivity (Wildman–Crippen MR) is 55.0 cm³/mol. The van der Waals surface area contributed by atoms with Gasteiger partial charge in [-0.2, -0.15) is 0 Å². The Labute approximate surface area is 79.9 Å². The SMILES string of the molecule is Cc1cc(C2CCNCC2)cn1C. The van der Waals surface area contributed by atoms with E-state index in [1.54, 1.807) is 0 Å². The largest absolute Gasteiger partial charge is 0.354 e. The van der Waals surface area contributed by atoms with E-state index in [-0.39, 0.29) is 0 Å². The number of nitrogens with zero attached hydrogens (tertiary/aromatic N) is 1. The first-order valence-corrected chi connectivity index (χ1v) is 5.11. The first-order valence-electron chi connectivity index (χ1n) is 5.11. The summed E-state index contributed by atoms with van der Waals surface area (Å²) in [4.78, 5) is 0. The topological polar surface area (TPSA) is 17.0 Å². The summed E-state index contributed by atoms with van der Waals surface area (Å²) >= 11 is 0. The first-order chi connectivity index (χ1) is 6.27. The van der Waals surface area contributed by atoms with Gasteiger partial charge in [-0.25, -0.2) is 0 Å². The van der Waals surface area contributed by atoms with Crippen LogP contribution in [0.5, 0.6) is 0 Å². The summed E-state index contributed by atoms with van der Waals surface area (Å²) in [6, 6.07) is 2.33. The quantitative estimate of drug-likeness (QED) is 0.694. The second-order valence-electron chi connectivity index (χ2n) is 4.05. The van der Waals surface area contributed by atoms with Crippen molar-refractivity contribution in [3.8, 4) is 0 Å². The van der Waals surface area contributed by atoms with Crippen molar-refractivity contribution in [1.29, 1.82) is 0 Å². The van der Waals surface area contributed by atoms with Gasteiger partial charge in [0, 0.05) is 18.9 Å². The minimum Gasteiger partial charge on any atom is -0.354 e. The maximum absolute atomic E-state index is 3.40. The van der Waals surface area contributed by atoms with Crippen molar-refractivity contribution in [2.45, 2.75) is 25.7 Å². The van der Waals surface area contributed by atoms with Gasteiger partial charge in [-0.1, -0.05) is 0 Å². The van der Waals surface area contributed by atoms with Crippen LogP contribution in [0.3, 0.4) is 0 Å². The van der Waals surface area contributed by atoms with Crippen LogP contribution in [-0.2, 0) is 7.05 Å². The molecule has 72 valence electrons. The Hall–Kier alpha value is -0.760. The van der Waals surface area contributed by atoms with Gasteiger partial charge in [-0.05, 0) is 50.4 Å². The number of nitrogens with one attached hydrogen (secondary N) is 1. The average molecular weight is 178 g/mol. The number of hydrogen-bond acceptors (Lipinski definition) is 1. The lowest BCUT2D eigenvalue weighted by Gasteiger charge is -2.21. The van der Waals surface area contributed by atoms with Gasteiger partial charge in [0.05, 0.1) is 0 Å². The summed E-state index contributed by atoms with van der Waals surface area (Å²) in [5.41, 5.74) is 2.90. The van der Waals surface area contributed by atoms with Crippen LogP contribution in [-0.4, -0.2) is 17.7 Å². The Morgan fingerprint density at radius 1 is 1.38 bits per heavy atom. The van der Waals surface area contributed by atoms with E-state index in [0.717, 1.165) is 5.92 Å². The number of rotatable bonds is 1. The Balaban J connectivity index is 2.14. The molecular weight excluding hydrogens is 160 g/mol. The molecule has 1 aromatic rings. The summed E-state index contributed by atoms with van der Waals surface area (Å²) in [6.07, 6.45) is 4.87. The van der Waals surface area contributed by atoms with Crippen LogP contribution >= 0.6 is 0 Å². The molecule has 2 nitrogen and oxygen atoms in total. The third-order valence-corrected chi connectivity index (χ3v) is 3.09. The summed E-state index contributed by atoms with van der Waals surface area (Å²) in [6.45, 7) is 4.53. The fourth-order valence-electron chi connectivity index (χ4n) is 2.08. The smallest absolute Gasteiger partial charge is 0.0143 e. The fraction of sp³-hybridized carbons (Fsp3) is 0.636. The molecule has 2 heterocycles. The molecule has 0 atom stereocenters. The van der Waals surface area contributed by atoms with E-state index in [1.165, 1.54) is 37.2 Å². The molecule has 0 spiro atoms. The van der Waals surface area contributed by atoms with Gasteiger partial charge in [0.15, 0.2) is 0 Å². The van der Waals surface area contributed by atoms with E-state index >= 15 is 0 Å². The van der Waals surface area contributed by atoms with E-state index in [4.69, 9.17) is 0 Å². The van der Waals surface area contributed by atoms with Gasteiger partial charge in [0.1, 0.15) is 0 Å². The fourth-order valence-corrected chi connectivity index (χ4v) is 2.08. The lowest BCUT2D eigenvalue weighted by Crippen LogP contribution is -2.26. The van der Waals surface area contributed by atoms with Gasteiger partial charge in [0.25, 0.3) is 0 Å². The predicted octanol–water partition coefficient (Wildman–Crippen LogP) is 1.80. The van der Waals surface area contributed by atoms with Crippen molar-refractivity contribution in [3.63, 3.8) is 0 Å². The minimum atomic E-state index is 0.793. The highest BCUT2D eigenvalue weighted by atomic mass is 14.9. The second kappa shape index (κ2) is 3.54. The second-order valence-corrected chi connectivity index (χ2v) is 4.05. The Morgan fingerprint density at radius 2 is 2.08 bits per heavy atom. The molecule has 0 amide bonds. The molecule has 1 aliphatic heterocycles. The molecule has 1 aromatic heterocycles. The highest BCUT2D eigenvalue weighted by Gasteiger charge is 2.16. The lowest BCUT2D eigenvalue weighted by atomic mass is 9.92. The molecule has 2 heteroatoms. The van der Waals surface area contributed by atoms with Crippen LogP contribution in [0, 0.1) is 6.92 Å². The van der Waals surface area contributed by atoms with E-state index < -0.39 is 0 Å². The van der Waals surface area contributed by atoms with E-state index in [0.29, 0.717) is 0 Å². The Kier molecular flexibility index (Phi) is 2.40. The highest BCUT2D eigenvalue weighted by molar-refractivity contribution is 5.22. The van der Waals surface area contributed by atoms with Crippen LogP contribution in [0.2, 0.25) is 0 Å². The van der Waals surface area contributed by atoms with Crippen molar-refractivity contribution in [2.75, 3.05) is 13.1 Å². The maximum Gasteiger partial charge on any atom is 0.0143 e. The normalized spacial score (nSPS) is 19.2. The molecule has 0 bridgehead atoms. The number of piperidine rings is 1. The van der Waals surface area contributed by atoms with Gasteiger partial charge in [-0.15, -0.1) is 0 Å². The molecular formula is C11H18N2. The first kappa shape index (κ1) is 8.82. The molecule has 0 aromatic carbocycles. The van der Waals surface area contributed by atoms with E-state index in [2.05, 4.69) is 36.1 Å². The number of hydrogen-bond donors (Lipinski definition) is 1. The van der Waals surface area contributed by atoms with Gasteiger partial charge in [0.2, 0.25) is 0 Å². The Morgan fingerprint density at radius 3 is 2.62 bits per heavy atom. The average Bonchev–Trinajstić information content (AvgIpc) is 2.49. The van der Waals surface area contributed by atoms with E-state index in [9.17, 15) is 0 Å². The highest BCUT2D eigenvalue weighted by Crippen LogP contribution is 2.26. The molecule has 1 aliphatic rings. The summed E-state index contributed by atoms with van der Waals surface area (Å²) in [5.74, 6) is 0.793. The number of aromatic nitrogens is 1. The molecule has 0 radical (unpaired) electrons. The van der Waals surface area contributed by atoms with Gasteiger partial charge < -0.3 is 9.88 Å². The van der Waals surface area contributed by atoms with E-state index in [1.807, 2.05) is 0 Å². The third-order valence-electron chi connectivity index (χ3n) is 3.09. The molecule has 0 saturated carbocycles. The zero-order chi connectivity index (χ0) is 9.26. The molecule has 2 rings (SSSR count). The van der Waals surface area contributed by atoms with Crippen molar-refractivity contribution < 1.29 is 0 Å². The monoisotopic (exact) mass is 178 g/mol. The number of aryl methyl sites for hydroxylation is 2. The lowest BCUT2D eigenvalue weighted by molar-refractivity contribution is 0.460. The Bertz CT molecular complexity index is 263. The van der Waals surface area contributed by atoms with Crippen molar-refractivity contribution in [2.24, 2.45) is 7.05 Å². The molecule has 1 fully saturated rings. The minimum absolute atomic E-state index is 0.793. The van der Waals surface area contributed by atoms with Crippen LogP contribution in [0.1, 0.15) is 30.0 Å². The van der Waals surface area contributed by atoms with Crippen LogP contribution in [0.25, 0.3) is 0 Å². The van der Waals surface area contributed by atoms with Crippen LogP contribution < -0.4 is 5.32 Å². The maximum atomic E-state index is 3.40. The van der Waals surface area contributed by atoms with Gasteiger partial charge >= 0.3 is 0 Å². The van der Waals surface area contributed by atoms with Crippen LogP contribution in [0.15, 0.2) is 12.3 Å². The van der Waals surface area contributed by atoms with Crippen LogP contribution in [0.4, 0.5) is 0 Å². The zero-order valence-corrected chi connectivity index (χ0v) is 8.51. The molecule has 1 saturated heterocycles. The standard InChI is InChI=1S/C11H18N2/c1-9-7-11(8-13(9)2)10-3-5-12-6-4-10/h7-8,10,12H,3-6H2,1-2H3. The zero-order valence-electron chi connectivity index (χ0n) is 8.51. The molecule has 0 aliphatic carbocycles. The molecule has 0 unspecified atom stereocenters. The summed E-state index contributed by atoms with van der Waals surface area (Å²) in [5, 5.41) is 3.40.